The zero-order chi connectivity index (χ0) is 18.3. The first-order valence-electron chi connectivity index (χ1n) is 9.44. The second kappa shape index (κ2) is 6.93. The molecule has 138 valence electrons. The fourth-order valence-electron chi connectivity index (χ4n) is 4.84. The maximum Gasteiger partial charge on any atom is 0.122 e. The molecule has 26 heavy (non-hydrogen) atoms. The standard InChI is InChI=1S/C22H28N2O2/c1-14-10-21(26-3)15(2)9-17(14)22-19-12-24(16-7-5-4-6-8-16)11-18(19)20(13-25)23-22/h4-10,18-20,22-23,25H,11-13H2,1-3H3/t18-,19+,20-,22+/m0/s1. The summed E-state index contributed by atoms with van der Waals surface area (Å²) in [6, 6.07) is 15.4. The van der Waals surface area contributed by atoms with Crippen molar-refractivity contribution in [2.75, 3.05) is 31.7 Å². The lowest BCUT2D eigenvalue weighted by molar-refractivity contribution is 0.227. The van der Waals surface area contributed by atoms with Crippen molar-refractivity contribution in [2.24, 2.45) is 11.8 Å². The number of aliphatic hydroxyl groups is 1. The van der Waals surface area contributed by atoms with Gasteiger partial charge in [-0.1, -0.05) is 24.3 Å². The predicted octanol–water partition coefficient (Wildman–Crippen LogP) is 3.07. The van der Waals surface area contributed by atoms with Gasteiger partial charge in [0.2, 0.25) is 0 Å². The minimum Gasteiger partial charge on any atom is -0.496 e. The maximum atomic E-state index is 9.94. The summed E-state index contributed by atoms with van der Waals surface area (Å²) >= 11 is 0. The Hall–Kier alpha value is -2.04. The Bertz CT molecular complexity index is 777. The zero-order valence-electron chi connectivity index (χ0n) is 15.8. The van der Waals surface area contributed by atoms with Crippen LogP contribution in [0.2, 0.25) is 0 Å². The molecule has 0 unspecified atom stereocenters. The average Bonchev–Trinajstić information content (AvgIpc) is 3.23. The molecule has 0 radical (unpaired) electrons. The molecule has 2 aliphatic heterocycles. The number of aryl methyl sites for hydroxylation is 2. The highest BCUT2D eigenvalue weighted by Gasteiger charge is 2.48. The van der Waals surface area contributed by atoms with Crippen LogP contribution in [0.1, 0.15) is 22.7 Å². The summed E-state index contributed by atoms with van der Waals surface area (Å²) in [5.41, 5.74) is 5.03. The molecule has 4 heteroatoms. The number of methoxy groups -OCH3 is 1. The van der Waals surface area contributed by atoms with E-state index in [4.69, 9.17) is 4.74 Å². The molecule has 0 aromatic heterocycles. The van der Waals surface area contributed by atoms with Gasteiger partial charge in [0.05, 0.1) is 13.7 Å². The molecule has 2 aromatic rings. The van der Waals surface area contributed by atoms with Gasteiger partial charge in [-0.3, -0.25) is 0 Å². The monoisotopic (exact) mass is 352 g/mol. The van der Waals surface area contributed by atoms with Gasteiger partial charge in [-0.15, -0.1) is 0 Å². The number of fused-ring (bicyclic) bond motifs is 1. The van der Waals surface area contributed by atoms with E-state index in [9.17, 15) is 5.11 Å². The topological polar surface area (TPSA) is 44.7 Å². The van der Waals surface area contributed by atoms with Gasteiger partial charge in [0.25, 0.3) is 0 Å². The molecule has 4 nitrogen and oxygen atoms in total. The predicted molar refractivity (Wildman–Crippen MR) is 105 cm³/mol. The van der Waals surface area contributed by atoms with Crippen molar-refractivity contribution in [1.82, 2.24) is 5.32 Å². The first kappa shape index (κ1) is 17.4. The van der Waals surface area contributed by atoms with Gasteiger partial charge in [0.15, 0.2) is 0 Å². The van der Waals surface area contributed by atoms with Gasteiger partial charge in [-0.05, 0) is 48.7 Å². The van der Waals surface area contributed by atoms with Crippen molar-refractivity contribution in [3.05, 3.63) is 59.2 Å². The Kier molecular flexibility index (Phi) is 4.63. The summed E-state index contributed by atoms with van der Waals surface area (Å²) in [6.07, 6.45) is 0. The Labute approximate surface area is 155 Å². The molecule has 2 heterocycles. The first-order chi connectivity index (χ1) is 12.6. The van der Waals surface area contributed by atoms with E-state index in [1.54, 1.807) is 7.11 Å². The van der Waals surface area contributed by atoms with Gasteiger partial charge in [0, 0.05) is 42.7 Å². The molecule has 2 aliphatic rings. The normalized spacial score (nSPS) is 27.6. The number of hydrogen-bond donors (Lipinski definition) is 2. The van der Waals surface area contributed by atoms with Gasteiger partial charge < -0.3 is 20.1 Å². The Morgan fingerprint density at radius 3 is 2.50 bits per heavy atom. The summed E-state index contributed by atoms with van der Waals surface area (Å²) in [7, 11) is 1.72. The number of anilines is 1. The summed E-state index contributed by atoms with van der Waals surface area (Å²) in [6.45, 7) is 6.46. The third-order valence-corrected chi connectivity index (χ3v) is 6.19. The highest BCUT2D eigenvalue weighted by molar-refractivity contribution is 5.49. The van der Waals surface area contributed by atoms with E-state index < -0.39 is 0 Å². The largest absolute Gasteiger partial charge is 0.496 e. The smallest absolute Gasteiger partial charge is 0.122 e. The molecule has 4 atom stereocenters. The van der Waals surface area contributed by atoms with Crippen molar-refractivity contribution in [3.8, 4) is 5.75 Å². The SMILES string of the molecule is COc1cc(C)c([C@H]2N[C@@H](CO)[C@H]3CN(c4ccccc4)C[C@H]32)cc1C. The van der Waals surface area contributed by atoms with Crippen molar-refractivity contribution in [3.63, 3.8) is 0 Å². The lowest BCUT2D eigenvalue weighted by Crippen LogP contribution is -2.36. The fourth-order valence-corrected chi connectivity index (χ4v) is 4.84. The number of rotatable bonds is 4. The third-order valence-electron chi connectivity index (χ3n) is 6.19. The van der Waals surface area contributed by atoms with E-state index in [-0.39, 0.29) is 18.7 Å². The van der Waals surface area contributed by atoms with Crippen LogP contribution < -0.4 is 15.0 Å². The van der Waals surface area contributed by atoms with Crippen molar-refractivity contribution in [1.29, 1.82) is 0 Å². The lowest BCUT2D eigenvalue weighted by Gasteiger charge is -2.26. The molecule has 0 amide bonds. The minimum absolute atomic E-state index is 0.153. The summed E-state index contributed by atoms with van der Waals surface area (Å²) in [5, 5.41) is 13.7. The van der Waals surface area contributed by atoms with E-state index in [0.717, 1.165) is 24.4 Å². The molecule has 0 bridgehead atoms. The highest BCUT2D eigenvalue weighted by atomic mass is 16.5. The van der Waals surface area contributed by atoms with E-state index >= 15 is 0 Å². The van der Waals surface area contributed by atoms with Gasteiger partial charge in [0.1, 0.15) is 5.75 Å². The highest BCUT2D eigenvalue weighted by Crippen LogP contribution is 2.44. The van der Waals surface area contributed by atoms with E-state index in [2.05, 4.69) is 66.5 Å². The van der Waals surface area contributed by atoms with Crippen molar-refractivity contribution in [2.45, 2.75) is 25.9 Å². The minimum atomic E-state index is 0.153. The Morgan fingerprint density at radius 1 is 1.08 bits per heavy atom. The van der Waals surface area contributed by atoms with E-state index in [0.29, 0.717) is 11.8 Å². The number of benzene rings is 2. The molecular weight excluding hydrogens is 324 g/mol. The Morgan fingerprint density at radius 2 is 1.81 bits per heavy atom. The number of para-hydroxylation sites is 1. The summed E-state index contributed by atoms with van der Waals surface area (Å²) in [4.78, 5) is 2.47. The maximum absolute atomic E-state index is 9.94. The molecular formula is C22H28N2O2. The van der Waals surface area contributed by atoms with Crippen LogP contribution in [-0.4, -0.2) is 38.0 Å². The molecule has 2 N–H and O–H groups in total. The second-order valence-corrected chi connectivity index (χ2v) is 7.68. The summed E-state index contributed by atoms with van der Waals surface area (Å²) in [5.74, 6) is 1.91. The molecule has 2 saturated heterocycles. The average molecular weight is 352 g/mol. The molecule has 2 aromatic carbocycles. The molecule has 0 spiro atoms. The summed E-state index contributed by atoms with van der Waals surface area (Å²) < 4.78 is 5.48. The van der Waals surface area contributed by atoms with Crippen LogP contribution in [-0.2, 0) is 0 Å². The van der Waals surface area contributed by atoms with Crippen LogP contribution in [0.15, 0.2) is 42.5 Å². The van der Waals surface area contributed by atoms with Crippen molar-refractivity contribution < 1.29 is 9.84 Å². The van der Waals surface area contributed by atoms with E-state index in [1.165, 1.54) is 16.8 Å². The van der Waals surface area contributed by atoms with Gasteiger partial charge in [-0.25, -0.2) is 0 Å². The fraction of sp³-hybridized carbons (Fsp3) is 0.455. The number of nitrogens with one attached hydrogen (secondary N) is 1. The van der Waals surface area contributed by atoms with Gasteiger partial charge >= 0.3 is 0 Å². The van der Waals surface area contributed by atoms with Crippen molar-refractivity contribution >= 4 is 5.69 Å². The first-order valence-corrected chi connectivity index (χ1v) is 9.44. The second-order valence-electron chi connectivity index (χ2n) is 7.68. The molecule has 2 fully saturated rings. The number of nitrogens with zero attached hydrogens (tertiary/aromatic N) is 1. The molecule has 4 rings (SSSR count). The molecule has 0 saturated carbocycles. The van der Waals surface area contributed by atoms with Gasteiger partial charge in [-0.2, -0.15) is 0 Å². The van der Waals surface area contributed by atoms with Crippen LogP contribution in [0.4, 0.5) is 5.69 Å². The number of aliphatic hydroxyl groups excluding tert-OH is 1. The van der Waals surface area contributed by atoms with Crippen LogP contribution >= 0.6 is 0 Å². The zero-order valence-corrected chi connectivity index (χ0v) is 15.8. The Balaban J connectivity index is 1.65. The number of hydrogen-bond acceptors (Lipinski definition) is 4. The van der Waals surface area contributed by atoms with Crippen LogP contribution in [0, 0.1) is 25.7 Å². The van der Waals surface area contributed by atoms with Crippen LogP contribution in [0.5, 0.6) is 5.75 Å². The van der Waals surface area contributed by atoms with E-state index in [1.807, 2.05) is 0 Å². The van der Waals surface area contributed by atoms with Crippen LogP contribution in [0.3, 0.4) is 0 Å². The van der Waals surface area contributed by atoms with Crippen LogP contribution in [0.25, 0.3) is 0 Å². The molecule has 0 aliphatic carbocycles. The third kappa shape index (κ3) is 2.87. The number of ether oxygens (including phenoxy) is 1. The quantitative estimate of drug-likeness (QED) is 0.888. The lowest BCUT2D eigenvalue weighted by atomic mass is 9.85.